The Morgan fingerprint density at radius 1 is 1.29 bits per heavy atom. The van der Waals surface area contributed by atoms with Gasteiger partial charge in [-0.3, -0.25) is 0 Å². The number of nitrogens with zero attached hydrogens (tertiary/aromatic N) is 1. The van der Waals surface area contributed by atoms with Crippen molar-refractivity contribution >= 4 is 46.6 Å². The van der Waals surface area contributed by atoms with Gasteiger partial charge >= 0.3 is 6.09 Å². The van der Waals surface area contributed by atoms with Crippen molar-refractivity contribution in [2.75, 3.05) is 7.11 Å². The van der Waals surface area contributed by atoms with Crippen LogP contribution in [-0.4, -0.2) is 18.9 Å². The van der Waals surface area contributed by atoms with E-state index in [9.17, 15) is 4.79 Å². The minimum atomic E-state index is -0.666. The van der Waals surface area contributed by atoms with E-state index >= 15 is 0 Å². The summed E-state index contributed by atoms with van der Waals surface area (Å²) in [6.07, 6.45) is -0.666. The van der Waals surface area contributed by atoms with Crippen molar-refractivity contribution in [3.63, 3.8) is 0 Å². The summed E-state index contributed by atoms with van der Waals surface area (Å²) in [6, 6.07) is 3.26. The van der Waals surface area contributed by atoms with Gasteiger partial charge in [-0.15, -0.1) is 0 Å². The van der Waals surface area contributed by atoms with Crippen molar-refractivity contribution in [2.45, 2.75) is 6.92 Å². The van der Waals surface area contributed by atoms with Crippen molar-refractivity contribution in [3.8, 4) is 0 Å². The first kappa shape index (κ1) is 14.1. The van der Waals surface area contributed by atoms with Crippen LogP contribution in [0.25, 0.3) is 0 Å². The van der Waals surface area contributed by atoms with E-state index in [1.807, 2.05) is 0 Å². The van der Waals surface area contributed by atoms with E-state index in [1.165, 1.54) is 7.11 Å². The van der Waals surface area contributed by atoms with Crippen molar-refractivity contribution < 1.29 is 9.53 Å². The van der Waals surface area contributed by atoms with Crippen LogP contribution in [0.2, 0.25) is 15.1 Å². The minimum absolute atomic E-state index is 0.249. The van der Waals surface area contributed by atoms with Crippen molar-refractivity contribution in [2.24, 2.45) is 5.10 Å². The molecule has 0 radical (unpaired) electrons. The molecule has 1 aromatic rings. The number of rotatable bonds is 2. The van der Waals surface area contributed by atoms with Crippen LogP contribution in [-0.2, 0) is 4.74 Å². The van der Waals surface area contributed by atoms with Gasteiger partial charge in [-0.1, -0.05) is 40.9 Å². The molecule has 7 heteroatoms. The number of ether oxygens (including phenoxy) is 1. The van der Waals surface area contributed by atoms with E-state index in [0.717, 1.165) is 0 Å². The van der Waals surface area contributed by atoms with Crippen LogP contribution in [0.15, 0.2) is 17.2 Å². The SMILES string of the molecule is COC(=O)NN=C(C)c1ccc(Cl)c(Cl)c1Cl. The molecule has 0 aliphatic rings. The summed E-state index contributed by atoms with van der Waals surface area (Å²) in [7, 11) is 1.24. The average molecular weight is 296 g/mol. The van der Waals surface area contributed by atoms with Gasteiger partial charge in [-0.25, -0.2) is 10.2 Å². The maximum atomic E-state index is 10.8. The van der Waals surface area contributed by atoms with Gasteiger partial charge in [-0.05, 0) is 13.0 Å². The Morgan fingerprint density at radius 2 is 1.94 bits per heavy atom. The Morgan fingerprint density at radius 3 is 2.53 bits per heavy atom. The van der Waals surface area contributed by atoms with Crippen LogP contribution in [0, 0.1) is 0 Å². The number of nitrogens with one attached hydrogen (secondary N) is 1. The lowest BCUT2D eigenvalue weighted by atomic mass is 10.1. The van der Waals surface area contributed by atoms with Gasteiger partial charge in [0, 0.05) is 5.56 Å². The van der Waals surface area contributed by atoms with Gasteiger partial charge in [0.25, 0.3) is 0 Å². The van der Waals surface area contributed by atoms with Crippen LogP contribution in [0.5, 0.6) is 0 Å². The van der Waals surface area contributed by atoms with E-state index in [0.29, 0.717) is 16.3 Å². The zero-order valence-corrected chi connectivity index (χ0v) is 11.3. The van der Waals surface area contributed by atoms with E-state index in [2.05, 4.69) is 15.3 Å². The second-order valence-electron chi connectivity index (χ2n) is 3.02. The maximum Gasteiger partial charge on any atom is 0.427 e. The molecule has 0 aliphatic heterocycles. The van der Waals surface area contributed by atoms with Crippen LogP contribution in [0.4, 0.5) is 4.79 Å². The number of benzene rings is 1. The predicted octanol–water partition coefficient (Wildman–Crippen LogP) is 3.73. The fraction of sp³-hybridized carbons (Fsp3) is 0.200. The Kier molecular flexibility index (Phi) is 5.05. The van der Waals surface area contributed by atoms with Gasteiger partial charge in [0.2, 0.25) is 0 Å². The molecule has 0 unspecified atom stereocenters. The molecule has 1 amide bonds. The normalized spacial score (nSPS) is 11.2. The lowest BCUT2D eigenvalue weighted by molar-refractivity contribution is 0.171. The number of hydrogen-bond acceptors (Lipinski definition) is 3. The molecular formula is C10H9Cl3N2O2. The predicted molar refractivity (Wildman–Crippen MR) is 69.2 cm³/mol. The number of hydrazone groups is 1. The lowest BCUT2D eigenvalue weighted by Gasteiger charge is -2.06. The van der Waals surface area contributed by atoms with Gasteiger partial charge in [0.05, 0.1) is 27.9 Å². The van der Waals surface area contributed by atoms with Gasteiger partial charge in [0.15, 0.2) is 0 Å². The molecule has 0 heterocycles. The first-order chi connectivity index (χ1) is 7.97. The van der Waals surface area contributed by atoms with Crippen LogP contribution >= 0.6 is 34.8 Å². The number of carbonyl (C=O) groups excluding carboxylic acids is 1. The molecule has 0 fully saturated rings. The first-order valence-electron chi connectivity index (χ1n) is 4.49. The molecule has 0 atom stereocenters. The summed E-state index contributed by atoms with van der Waals surface area (Å²) in [5.41, 5.74) is 3.25. The minimum Gasteiger partial charge on any atom is -0.452 e. The maximum absolute atomic E-state index is 10.8. The summed E-state index contributed by atoms with van der Waals surface area (Å²) in [5, 5.41) is 4.69. The third kappa shape index (κ3) is 3.49. The number of amides is 1. The molecule has 17 heavy (non-hydrogen) atoms. The van der Waals surface area contributed by atoms with E-state index in [-0.39, 0.29) is 10.0 Å². The number of halogens is 3. The average Bonchev–Trinajstić information content (AvgIpc) is 2.32. The highest BCUT2D eigenvalue weighted by molar-refractivity contribution is 6.49. The Labute approximate surface area is 113 Å². The second kappa shape index (κ2) is 6.10. The molecule has 0 bridgehead atoms. The summed E-state index contributed by atoms with van der Waals surface area (Å²) < 4.78 is 4.37. The van der Waals surface area contributed by atoms with Gasteiger partial charge < -0.3 is 4.74 Å². The van der Waals surface area contributed by atoms with E-state index < -0.39 is 6.09 Å². The zero-order chi connectivity index (χ0) is 13.0. The Balaban J connectivity index is 3.01. The standard InChI is InChI=1S/C10H9Cl3N2O2/c1-5(14-15-10(16)17-2)6-3-4-7(11)9(13)8(6)12/h3-4H,1-2H3,(H,15,16). The van der Waals surface area contributed by atoms with Crippen LogP contribution < -0.4 is 5.43 Å². The molecule has 0 saturated carbocycles. The highest BCUT2D eigenvalue weighted by Gasteiger charge is 2.11. The van der Waals surface area contributed by atoms with Crippen LogP contribution in [0.3, 0.4) is 0 Å². The van der Waals surface area contributed by atoms with Gasteiger partial charge in [0.1, 0.15) is 0 Å². The number of hydrogen-bond donors (Lipinski definition) is 1. The van der Waals surface area contributed by atoms with E-state index in [1.54, 1.807) is 19.1 Å². The topological polar surface area (TPSA) is 50.7 Å². The molecule has 0 saturated heterocycles. The Hall–Kier alpha value is -0.970. The zero-order valence-electron chi connectivity index (χ0n) is 9.05. The summed E-state index contributed by atoms with van der Waals surface area (Å²) in [6.45, 7) is 1.67. The van der Waals surface area contributed by atoms with Crippen molar-refractivity contribution in [1.29, 1.82) is 0 Å². The molecular weight excluding hydrogens is 286 g/mol. The highest BCUT2D eigenvalue weighted by atomic mass is 35.5. The number of methoxy groups -OCH3 is 1. The highest BCUT2D eigenvalue weighted by Crippen LogP contribution is 2.32. The van der Waals surface area contributed by atoms with Gasteiger partial charge in [-0.2, -0.15) is 5.10 Å². The molecule has 0 aliphatic carbocycles. The molecule has 1 aromatic carbocycles. The number of carbonyl (C=O) groups is 1. The van der Waals surface area contributed by atoms with Crippen LogP contribution in [0.1, 0.15) is 12.5 Å². The summed E-state index contributed by atoms with van der Waals surface area (Å²) in [5.74, 6) is 0. The monoisotopic (exact) mass is 294 g/mol. The fourth-order valence-corrected chi connectivity index (χ4v) is 1.71. The molecule has 0 aromatic heterocycles. The molecule has 4 nitrogen and oxygen atoms in total. The smallest absolute Gasteiger partial charge is 0.427 e. The van der Waals surface area contributed by atoms with Crippen molar-refractivity contribution in [1.82, 2.24) is 5.43 Å². The quantitative estimate of drug-likeness (QED) is 0.513. The lowest BCUT2D eigenvalue weighted by Crippen LogP contribution is -2.18. The summed E-state index contributed by atoms with van der Waals surface area (Å²) in [4.78, 5) is 10.8. The molecule has 1 rings (SSSR count). The van der Waals surface area contributed by atoms with E-state index in [4.69, 9.17) is 34.8 Å². The Bertz CT molecular complexity index is 475. The largest absolute Gasteiger partial charge is 0.452 e. The summed E-state index contributed by atoms with van der Waals surface area (Å²) >= 11 is 17.7. The third-order valence-electron chi connectivity index (χ3n) is 1.93. The third-order valence-corrected chi connectivity index (χ3v) is 3.22. The molecule has 0 spiro atoms. The molecule has 92 valence electrons. The first-order valence-corrected chi connectivity index (χ1v) is 5.63. The second-order valence-corrected chi connectivity index (χ2v) is 4.19. The fourth-order valence-electron chi connectivity index (χ4n) is 1.04. The molecule has 1 N–H and O–H groups in total. The van der Waals surface area contributed by atoms with Crippen molar-refractivity contribution in [3.05, 3.63) is 32.8 Å².